The van der Waals surface area contributed by atoms with E-state index in [2.05, 4.69) is 41.8 Å². The zero-order chi connectivity index (χ0) is 48.2. The molecule has 66 heavy (non-hydrogen) atoms. The van der Waals surface area contributed by atoms with Crippen LogP contribution in [0.25, 0.3) is 11.1 Å². The van der Waals surface area contributed by atoms with E-state index in [1.807, 2.05) is 12.1 Å². The second-order valence-electron chi connectivity index (χ2n) is 17.7. The Bertz CT molecular complexity index is 2260. The first-order valence-corrected chi connectivity index (χ1v) is 22.8. The Kier molecular flexibility index (Phi) is 17.9. The largest absolute Gasteiger partial charge is 0.508 e. The van der Waals surface area contributed by atoms with Crippen molar-refractivity contribution in [2.24, 2.45) is 11.8 Å². The summed E-state index contributed by atoms with van der Waals surface area (Å²) in [6.07, 6.45) is 9.98. The molecule has 7 atom stereocenters. The van der Waals surface area contributed by atoms with E-state index in [9.17, 15) is 54.0 Å². The Morgan fingerprint density at radius 3 is 2.21 bits per heavy atom. The zero-order valence-corrected chi connectivity index (χ0v) is 38.5. The molecule has 15 nitrogen and oxygen atoms in total. The highest BCUT2D eigenvalue weighted by Gasteiger charge is 2.39. The van der Waals surface area contributed by atoms with E-state index in [1.54, 1.807) is 30.4 Å². The van der Waals surface area contributed by atoms with Crippen LogP contribution in [-0.4, -0.2) is 122 Å². The maximum atomic E-state index is 14.1. The van der Waals surface area contributed by atoms with Gasteiger partial charge in [-0.2, -0.15) is 0 Å². The summed E-state index contributed by atoms with van der Waals surface area (Å²) in [7, 11) is 2.78. The monoisotopic (exact) mass is 908 g/mol. The summed E-state index contributed by atoms with van der Waals surface area (Å²) in [6.45, 7) is 4.37. The number of carboxylic acid groups (broad SMARTS) is 1. The number of nitrogens with one attached hydrogen (secondary N) is 2. The summed E-state index contributed by atoms with van der Waals surface area (Å²) >= 11 is 0. The number of aliphatic carboxylic acids is 1. The molecule has 0 aromatic heterocycles. The molecule has 354 valence electrons. The van der Waals surface area contributed by atoms with Crippen LogP contribution < -0.4 is 10.6 Å². The second kappa shape index (κ2) is 23.3. The number of hydrogen-bond donors (Lipinski definition) is 6. The fraction of sp³-hybridized carbons (Fsp3) is 0.471. The van der Waals surface area contributed by atoms with Crippen LogP contribution in [0.5, 0.6) is 0 Å². The molecule has 3 aliphatic rings. The number of unbranched alkanes of at least 4 members (excludes halogenated alkanes) is 3. The van der Waals surface area contributed by atoms with Gasteiger partial charge in [-0.3, -0.25) is 28.8 Å². The number of ketones is 2. The summed E-state index contributed by atoms with van der Waals surface area (Å²) in [5.41, 5.74) is 4.67. The standard InChI is InChI=1S/C51H64N4O11/c1-6-7-8-9-10-32-11-14-34(15-12-32)35-16-18-36(19-17-35)50(64)54(4)41(29-56)49(63)52-31(3)42(57)23-24-46(61)55(5)47-37-20-22-44(59)39(28-37)38-26-33(13-21-43(38)58)27-40(51(65)66)53-48(62)30(2)25-45(47)60/h11-20,22,26,30-31,37,40-41,43,47,56,58-59H,6-10,21,23-25,27-29H2,1-5H3,(H,52,63)(H,53,62)(H,65,66)/t30-,31-,37+,40+,41-,43?,47+/m1/s1. The predicted molar refractivity (Wildman–Crippen MR) is 248 cm³/mol. The first-order chi connectivity index (χ1) is 31.4. The first kappa shape index (κ1) is 50.8. The highest BCUT2D eigenvalue weighted by atomic mass is 16.4. The van der Waals surface area contributed by atoms with Gasteiger partial charge in [-0.15, -0.1) is 0 Å². The number of likely N-dealkylation sites (N-methyl/N-ethyl adjacent to an activating group) is 2. The number of aliphatic hydroxyl groups excluding tert-OH is 3. The number of aryl methyl sites for hydroxylation is 1. The van der Waals surface area contributed by atoms with Crippen LogP contribution in [-0.2, 0) is 35.2 Å². The molecule has 5 rings (SSSR count). The third kappa shape index (κ3) is 12.8. The lowest BCUT2D eigenvalue weighted by Gasteiger charge is -2.36. The minimum absolute atomic E-state index is 0.0273. The van der Waals surface area contributed by atoms with Gasteiger partial charge in [0, 0.05) is 62.8 Å². The topological polar surface area (TPSA) is 231 Å². The Morgan fingerprint density at radius 1 is 0.909 bits per heavy atom. The Balaban J connectivity index is 1.21. The van der Waals surface area contributed by atoms with Gasteiger partial charge < -0.3 is 40.9 Å². The molecule has 0 saturated heterocycles. The molecule has 15 heteroatoms. The van der Waals surface area contributed by atoms with E-state index >= 15 is 0 Å². The normalized spacial score (nSPS) is 21.9. The second-order valence-corrected chi connectivity index (χ2v) is 17.7. The van der Waals surface area contributed by atoms with E-state index in [0.717, 1.165) is 28.9 Å². The van der Waals surface area contributed by atoms with E-state index in [0.29, 0.717) is 22.3 Å². The number of benzene rings is 2. The number of rotatable bonds is 17. The number of carboxylic acids is 1. The number of fused-ring (bicyclic) bond motifs is 4. The van der Waals surface area contributed by atoms with Gasteiger partial charge in [-0.05, 0) is 78.7 Å². The van der Waals surface area contributed by atoms with Crippen LogP contribution in [0.15, 0.2) is 95.3 Å². The molecule has 1 aliphatic heterocycles. The molecule has 2 aliphatic carbocycles. The van der Waals surface area contributed by atoms with Crippen LogP contribution in [0.3, 0.4) is 0 Å². The van der Waals surface area contributed by atoms with Crippen LogP contribution in [0.4, 0.5) is 0 Å². The van der Waals surface area contributed by atoms with Crippen molar-refractivity contribution in [3.63, 3.8) is 0 Å². The highest BCUT2D eigenvalue weighted by Crippen LogP contribution is 2.37. The van der Waals surface area contributed by atoms with E-state index in [-0.39, 0.29) is 44.3 Å². The van der Waals surface area contributed by atoms with Crippen LogP contribution >= 0.6 is 0 Å². The lowest BCUT2D eigenvalue weighted by molar-refractivity contribution is -0.143. The van der Waals surface area contributed by atoms with Gasteiger partial charge in [0.05, 0.1) is 24.8 Å². The minimum atomic E-state index is -1.33. The van der Waals surface area contributed by atoms with Crippen molar-refractivity contribution in [2.75, 3.05) is 20.7 Å². The summed E-state index contributed by atoms with van der Waals surface area (Å²) < 4.78 is 0. The van der Waals surface area contributed by atoms with Gasteiger partial charge in [0.1, 0.15) is 17.8 Å². The molecule has 4 amide bonds. The summed E-state index contributed by atoms with van der Waals surface area (Å²) in [5.74, 6) is -6.73. The third-order valence-corrected chi connectivity index (χ3v) is 12.9. The molecule has 0 saturated carbocycles. The van der Waals surface area contributed by atoms with Crippen molar-refractivity contribution in [1.82, 2.24) is 20.4 Å². The van der Waals surface area contributed by atoms with Crippen molar-refractivity contribution in [3.8, 4) is 11.1 Å². The minimum Gasteiger partial charge on any atom is -0.508 e. The lowest BCUT2D eigenvalue weighted by atomic mass is 9.78. The molecule has 0 spiro atoms. The van der Waals surface area contributed by atoms with Gasteiger partial charge in [0.25, 0.3) is 5.91 Å². The Morgan fingerprint density at radius 2 is 1.58 bits per heavy atom. The van der Waals surface area contributed by atoms with Crippen LogP contribution in [0, 0.1) is 11.8 Å². The Labute approximate surface area is 386 Å². The summed E-state index contributed by atoms with van der Waals surface area (Å²) in [4.78, 5) is 95.8. The van der Waals surface area contributed by atoms with Gasteiger partial charge in [0.2, 0.25) is 17.7 Å². The number of carbonyl (C=O) groups is 7. The quantitative estimate of drug-likeness (QED) is 0.114. The SMILES string of the molecule is CCCCCCc1ccc(-c2ccc(C(=O)N(C)[C@H](CO)C(=O)N[C@H](C)C(=O)CCC(=O)N(C)[C@@H]3C(=O)C[C@@H](C)C(=O)N[C@H](C(=O)O)CC4=CCC(O)C(=C4)C4=C(O)C=C[C@H]3C4)cc2)cc1. The predicted octanol–water partition coefficient (Wildman–Crippen LogP) is 5.16. The molecule has 0 radical (unpaired) electrons. The van der Waals surface area contributed by atoms with E-state index in [4.69, 9.17) is 0 Å². The van der Waals surface area contributed by atoms with Crippen molar-refractivity contribution < 1.29 is 54.0 Å². The fourth-order valence-corrected chi connectivity index (χ4v) is 8.71. The number of Topliss-reactive ketones (excluding diaryl/α,β-unsaturated/α-hetero) is 2. The zero-order valence-electron chi connectivity index (χ0n) is 38.5. The Hall–Kier alpha value is -6.19. The average Bonchev–Trinajstić information content (AvgIpc) is 3.30. The molecule has 0 fully saturated rings. The molecule has 1 heterocycles. The molecular weight excluding hydrogens is 845 g/mol. The summed E-state index contributed by atoms with van der Waals surface area (Å²) in [6, 6.07) is 10.3. The summed E-state index contributed by atoms with van der Waals surface area (Å²) in [5, 5.41) is 47.1. The third-order valence-electron chi connectivity index (χ3n) is 12.9. The molecular formula is C51H64N4O11. The van der Waals surface area contributed by atoms with Crippen molar-refractivity contribution >= 4 is 41.2 Å². The average molecular weight is 909 g/mol. The fourth-order valence-electron chi connectivity index (χ4n) is 8.71. The van der Waals surface area contributed by atoms with Gasteiger partial charge in [-0.1, -0.05) is 87.7 Å². The van der Waals surface area contributed by atoms with Crippen molar-refractivity contribution in [2.45, 2.75) is 122 Å². The number of allylic oxidation sites excluding steroid dienone is 2. The van der Waals surface area contributed by atoms with Gasteiger partial charge in [-0.25, -0.2) is 4.79 Å². The molecule has 1 unspecified atom stereocenters. The number of aliphatic hydroxyl groups is 3. The number of carbonyl (C=O) groups excluding carboxylic acids is 6. The molecule has 2 aromatic rings. The maximum Gasteiger partial charge on any atom is 0.326 e. The van der Waals surface area contributed by atoms with Gasteiger partial charge >= 0.3 is 5.97 Å². The van der Waals surface area contributed by atoms with Crippen LogP contribution in [0.2, 0.25) is 0 Å². The smallest absolute Gasteiger partial charge is 0.326 e. The van der Waals surface area contributed by atoms with Crippen molar-refractivity contribution in [1.29, 1.82) is 0 Å². The lowest BCUT2D eigenvalue weighted by Crippen LogP contribution is -2.53. The van der Waals surface area contributed by atoms with Crippen molar-refractivity contribution in [3.05, 3.63) is 106 Å². The van der Waals surface area contributed by atoms with E-state index < -0.39 is 89.9 Å². The first-order valence-electron chi connectivity index (χ1n) is 22.8. The molecule has 4 bridgehead atoms. The molecule has 6 N–H and O–H groups in total. The number of hydrogen-bond acceptors (Lipinski definition) is 10. The van der Waals surface area contributed by atoms with E-state index in [1.165, 1.54) is 63.7 Å². The van der Waals surface area contributed by atoms with Gasteiger partial charge in [0.15, 0.2) is 11.6 Å². The van der Waals surface area contributed by atoms with Crippen LogP contribution in [0.1, 0.15) is 101 Å². The highest BCUT2D eigenvalue weighted by molar-refractivity contribution is 5.99. The number of nitrogens with zero attached hydrogens (tertiary/aromatic N) is 2. The molecule has 2 aromatic carbocycles. The number of amides is 4. The maximum absolute atomic E-state index is 14.1.